The Labute approximate surface area is 164 Å². The number of amides is 2. The van der Waals surface area contributed by atoms with Gasteiger partial charge in [0.15, 0.2) is 0 Å². The summed E-state index contributed by atoms with van der Waals surface area (Å²) in [5.41, 5.74) is 0.796. The number of para-hydroxylation sites is 2. The highest BCUT2D eigenvalue weighted by atomic mass is 32.2. The van der Waals surface area contributed by atoms with Crippen LogP contribution in [0, 0.1) is 0 Å². The number of hydrogen-bond acceptors (Lipinski definition) is 3. The smallest absolute Gasteiger partial charge is 0.319 e. The zero-order valence-corrected chi connectivity index (χ0v) is 15.7. The Bertz CT molecular complexity index is 841. The molecule has 0 saturated carbocycles. The first-order valence-electron chi connectivity index (χ1n) is 8.86. The molecular formula is C22H22N2O2S. The van der Waals surface area contributed by atoms with E-state index in [1.54, 1.807) is 11.8 Å². The highest BCUT2D eigenvalue weighted by Gasteiger charge is 2.07. The second kappa shape index (κ2) is 10.3. The van der Waals surface area contributed by atoms with Crippen molar-refractivity contribution in [2.75, 3.05) is 18.5 Å². The van der Waals surface area contributed by atoms with Gasteiger partial charge in [0.25, 0.3) is 0 Å². The van der Waals surface area contributed by atoms with Crippen molar-refractivity contribution < 1.29 is 9.53 Å². The highest BCUT2D eigenvalue weighted by molar-refractivity contribution is 7.99. The van der Waals surface area contributed by atoms with Gasteiger partial charge in [-0.2, -0.15) is 0 Å². The molecular weight excluding hydrogens is 356 g/mol. The van der Waals surface area contributed by atoms with E-state index in [4.69, 9.17) is 4.74 Å². The third-order valence-electron chi connectivity index (χ3n) is 3.72. The van der Waals surface area contributed by atoms with Crippen LogP contribution in [0.25, 0.3) is 0 Å². The molecule has 0 heterocycles. The average molecular weight is 378 g/mol. The maximum atomic E-state index is 12.2. The van der Waals surface area contributed by atoms with E-state index >= 15 is 0 Å². The van der Waals surface area contributed by atoms with Crippen molar-refractivity contribution in [1.29, 1.82) is 0 Å². The van der Waals surface area contributed by atoms with Crippen LogP contribution in [0.5, 0.6) is 5.75 Å². The summed E-state index contributed by atoms with van der Waals surface area (Å²) in [6.07, 6.45) is 0.739. The van der Waals surface area contributed by atoms with Gasteiger partial charge in [-0.05, 0) is 42.8 Å². The topological polar surface area (TPSA) is 50.4 Å². The molecule has 5 heteroatoms. The summed E-state index contributed by atoms with van der Waals surface area (Å²) in [6, 6.07) is 27.3. The van der Waals surface area contributed by atoms with Gasteiger partial charge >= 0.3 is 6.03 Å². The van der Waals surface area contributed by atoms with Gasteiger partial charge in [0.05, 0.1) is 12.3 Å². The fraction of sp³-hybridized carbons (Fsp3) is 0.136. The first kappa shape index (κ1) is 18.9. The molecule has 0 spiro atoms. The lowest BCUT2D eigenvalue weighted by Crippen LogP contribution is -2.30. The van der Waals surface area contributed by atoms with Gasteiger partial charge in [-0.25, -0.2) is 4.79 Å². The number of nitrogens with one attached hydrogen (secondary N) is 2. The largest absolute Gasteiger partial charge is 0.494 e. The molecule has 4 nitrogen and oxygen atoms in total. The van der Waals surface area contributed by atoms with Crippen molar-refractivity contribution in [2.45, 2.75) is 16.2 Å². The summed E-state index contributed by atoms with van der Waals surface area (Å²) < 4.78 is 5.62. The van der Waals surface area contributed by atoms with E-state index in [2.05, 4.69) is 10.6 Å². The number of ether oxygens (including phenoxy) is 1. The molecule has 138 valence electrons. The molecule has 0 aliphatic heterocycles. The van der Waals surface area contributed by atoms with Crippen LogP contribution in [0.1, 0.15) is 6.42 Å². The second-order valence-corrected chi connectivity index (χ2v) is 6.92. The van der Waals surface area contributed by atoms with E-state index < -0.39 is 0 Å². The first-order chi connectivity index (χ1) is 13.3. The minimum atomic E-state index is -0.212. The van der Waals surface area contributed by atoms with Gasteiger partial charge in [-0.1, -0.05) is 60.3 Å². The van der Waals surface area contributed by atoms with Crippen LogP contribution in [-0.2, 0) is 0 Å². The van der Waals surface area contributed by atoms with Crippen molar-refractivity contribution >= 4 is 23.5 Å². The number of rotatable bonds is 8. The Hall–Kier alpha value is -2.92. The minimum Gasteiger partial charge on any atom is -0.494 e. The first-order valence-corrected chi connectivity index (χ1v) is 9.67. The summed E-state index contributed by atoms with van der Waals surface area (Å²) in [5, 5.41) is 5.80. The van der Waals surface area contributed by atoms with Crippen LogP contribution in [-0.4, -0.2) is 19.2 Å². The van der Waals surface area contributed by atoms with E-state index in [0.717, 1.165) is 27.6 Å². The highest BCUT2D eigenvalue weighted by Crippen LogP contribution is 2.33. The molecule has 0 unspecified atom stereocenters. The Morgan fingerprint density at radius 1 is 0.852 bits per heavy atom. The molecule has 27 heavy (non-hydrogen) atoms. The lowest BCUT2D eigenvalue weighted by atomic mass is 10.3. The molecule has 3 aromatic carbocycles. The predicted octanol–water partition coefficient (Wildman–Crippen LogP) is 5.43. The monoisotopic (exact) mass is 378 g/mol. The molecule has 2 N–H and O–H groups in total. The van der Waals surface area contributed by atoms with Gasteiger partial charge in [-0.3, -0.25) is 0 Å². The SMILES string of the molecule is O=C(NCCCOc1ccccc1)Nc1ccccc1Sc1ccccc1. The fourth-order valence-corrected chi connectivity index (χ4v) is 3.34. The van der Waals surface area contributed by atoms with Gasteiger partial charge in [-0.15, -0.1) is 0 Å². The molecule has 2 amide bonds. The summed E-state index contributed by atoms with van der Waals surface area (Å²) in [5.74, 6) is 0.841. The molecule has 0 aliphatic carbocycles. The average Bonchev–Trinajstić information content (AvgIpc) is 2.71. The van der Waals surface area contributed by atoms with Crippen LogP contribution in [0.4, 0.5) is 10.5 Å². The Kier molecular flexibility index (Phi) is 7.18. The minimum absolute atomic E-state index is 0.212. The fourth-order valence-electron chi connectivity index (χ4n) is 2.42. The molecule has 0 saturated heterocycles. The molecule has 0 atom stereocenters. The van der Waals surface area contributed by atoms with Gasteiger partial charge in [0.1, 0.15) is 5.75 Å². The summed E-state index contributed by atoms with van der Waals surface area (Å²) >= 11 is 1.62. The van der Waals surface area contributed by atoms with Gasteiger partial charge in [0.2, 0.25) is 0 Å². The second-order valence-electron chi connectivity index (χ2n) is 5.81. The van der Waals surface area contributed by atoms with Crippen LogP contribution in [0.3, 0.4) is 0 Å². The van der Waals surface area contributed by atoms with Crippen LogP contribution >= 0.6 is 11.8 Å². The molecule has 3 aromatic rings. The summed E-state index contributed by atoms with van der Waals surface area (Å²) in [7, 11) is 0. The van der Waals surface area contributed by atoms with Crippen molar-refractivity contribution in [1.82, 2.24) is 5.32 Å². The maximum Gasteiger partial charge on any atom is 0.319 e. The number of carbonyl (C=O) groups is 1. The van der Waals surface area contributed by atoms with Gasteiger partial charge < -0.3 is 15.4 Å². The Morgan fingerprint density at radius 3 is 2.30 bits per heavy atom. The predicted molar refractivity (Wildman–Crippen MR) is 111 cm³/mol. The lowest BCUT2D eigenvalue weighted by molar-refractivity contribution is 0.250. The van der Waals surface area contributed by atoms with Crippen molar-refractivity contribution in [3.63, 3.8) is 0 Å². The van der Waals surface area contributed by atoms with Crippen LogP contribution in [0.2, 0.25) is 0 Å². The van der Waals surface area contributed by atoms with Crippen molar-refractivity contribution in [3.05, 3.63) is 84.9 Å². The Balaban J connectivity index is 1.44. The van der Waals surface area contributed by atoms with Crippen molar-refractivity contribution in [3.8, 4) is 5.75 Å². The van der Waals surface area contributed by atoms with E-state index in [1.165, 1.54) is 0 Å². The van der Waals surface area contributed by atoms with E-state index in [0.29, 0.717) is 13.2 Å². The standard InChI is InChI=1S/C22H22N2O2S/c25-22(23-16-9-17-26-18-10-3-1-4-11-18)24-20-14-7-8-15-21(20)27-19-12-5-2-6-13-19/h1-8,10-15H,9,16-17H2,(H2,23,24,25). The zero-order valence-electron chi connectivity index (χ0n) is 14.9. The summed E-state index contributed by atoms with van der Waals surface area (Å²) in [6.45, 7) is 1.11. The van der Waals surface area contributed by atoms with E-state index in [9.17, 15) is 4.79 Å². The molecule has 0 aliphatic rings. The molecule has 0 radical (unpaired) electrons. The lowest BCUT2D eigenvalue weighted by Gasteiger charge is -2.12. The number of carbonyl (C=O) groups excluding carboxylic acids is 1. The van der Waals surface area contributed by atoms with E-state index in [1.807, 2.05) is 84.9 Å². The molecule has 0 aromatic heterocycles. The molecule has 3 rings (SSSR count). The molecule has 0 bridgehead atoms. The molecule has 0 fully saturated rings. The maximum absolute atomic E-state index is 12.2. The number of benzene rings is 3. The number of hydrogen-bond donors (Lipinski definition) is 2. The van der Waals surface area contributed by atoms with Crippen LogP contribution in [0.15, 0.2) is 94.7 Å². The van der Waals surface area contributed by atoms with E-state index in [-0.39, 0.29) is 6.03 Å². The third kappa shape index (κ3) is 6.38. The third-order valence-corrected chi connectivity index (χ3v) is 4.81. The normalized spacial score (nSPS) is 10.2. The Morgan fingerprint density at radius 2 is 1.52 bits per heavy atom. The number of anilines is 1. The van der Waals surface area contributed by atoms with Crippen LogP contribution < -0.4 is 15.4 Å². The number of urea groups is 1. The van der Waals surface area contributed by atoms with Gasteiger partial charge in [0, 0.05) is 16.3 Å². The van der Waals surface area contributed by atoms with Crippen molar-refractivity contribution in [2.24, 2.45) is 0 Å². The zero-order chi connectivity index (χ0) is 18.7. The summed E-state index contributed by atoms with van der Waals surface area (Å²) in [4.78, 5) is 14.3. The quantitative estimate of drug-likeness (QED) is 0.514.